The highest BCUT2D eigenvalue weighted by Gasteiger charge is 2.25. The van der Waals surface area contributed by atoms with E-state index in [2.05, 4.69) is 11.8 Å². The van der Waals surface area contributed by atoms with E-state index in [0.29, 0.717) is 6.54 Å². The van der Waals surface area contributed by atoms with Gasteiger partial charge in [-0.1, -0.05) is 13.8 Å². The van der Waals surface area contributed by atoms with Gasteiger partial charge in [-0.05, 0) is 25.6 Å². The number of methoxy groups -OCH3 is 1. The number of carbonyl (C=O) groups excluding carboxylic acids is 1. The Morgan fingerprint density at radius 2 is 2.24 bits per heavy atom. The molecular weight excluding hydrogens is 218 g/mol. The number of esters is 1. The standard InChI is InChI=1S/C13H21NO3/c1-5-14(9-12-7-6-8-17-12)11(3)10(2)13(15)16-4/h6-8,10-11H,5,9H2,1-4H3. The number of rotatable bonds is 6. The zero-order valence-electron chi connectivity index (χ0n) is 11.0. The summed E-state index contributed by atoms with van der Waals surface area (Å²) in [6.07, 6.45) is 1.66. The number of furan rings is 1. The molecule has 0 aromatic carbocycles. The number of hydrogen-bond donors (Lipinski definition) is 0. The predicted molar refractivity (Wildman–Crippen MR) is 65.4 cm³/mol. The third-order valence-electron chi connectivity index (χ3n) is 3.22. The lowest BCUT2D eigenvalue weighted by molar-refractivity contribution is -0.147. The molecule has 0 spiro atoms. The summed E-state index contributed by atoms with van der Waals surface area (Å²) in [5.74, 6) is 0.598. The van der Waals surface area contributed by atoms with Crippen LogP contribution in [0, 0.1) is 5.92 Å². The van der Waals surface area contributed by atoms with Crippen molar-refractivity contribution in [3.05, 3.63) is 24.2 Å². The van der Waals surface area contributed by atoms with Crippen LogP contribution in [0.4, 0.5) is 0 Å². The van der Waals surface area contributed by atoms with E-state index in [0.717, 1.165) is 12.3 Å². The monoisotopic (exact) mass is 239 g/mol. The van der Waals surface area contributed by atoms with E-state index in [1.54, 1.807) is 6.26 Å². The van der Waals surface area contributed by atoms with E-state index in [1.165, 1.54) is 7.11 Å². The maximum atomic E-state index is 11.5. The molecule has 0 bridgehead atoms. The van der Waals surface area contributed by atoms with Crippen molar-refractivity contribution in [1.82, 2.24) is 4.90 Å². The Kier molecular flexibility index (Phi) is 5.22. The molecule has 0 aliphatic heterocycles. The average molecular weight is 239 g/mol. The molecule has 1 heterocycles. The maximum absolute atomic E-state index is 11.5. The summed E-state index contributed by atoms with van der Waals surface area (Å²) < 4.78 is 10.1. The van der Waals surface area contributed by atoms with Gasteiger partial charge in [0.05, 0.1) is 25.8 Å². The molecule has 0 aliphatic rings. The van der Waals surface area contributed by atoms with Gasteiger partial charge < -0.3 is 9.15 Å². The second-order valence-corrected chi connectivity index (χ2v) is 4.19. The fourth-order valence-electron chi connectivity index (χ4n) is 1.85. The first kappa shape index (κ1) is 13.8. The Hall–Kier alpha value is -1.29. The van der Waals surface area contributed by atoms with Crippen molar-refractivity contribution in [3.63, 3.8) is 0 Å². The van der Waals surface area contributed by atoms with Crippen molar-refractivity contribution in [3.8, 4) is 0 Å². The van der Waals surface area contributed by atoms with E-state index >= 15 is 0 Å². The van der Waals surface area contributed by atoms with Gasteiger partial charge >= 0.3 is 5.97 Å². The van der Waals surface area contributed by atoms with Gasteiger partial charge in [-0.2, -0.15) is 0 Å². The van der Waals surface area contributed by atoms with Gasteiger partial charge in [0.2, 0.25) is 0 Å². The summed E-state index contributed by atoms with van der Waals surface area (Å²) in [7, 11) is 1.42. The van der Waals surface area contributed by atoms with Gasteiger partial charge in [0.25, 0.3) is 0 Å². The largest absolute Gasteiger partial charge is 0.469 e. The van der Waals surface area contributed by atoms with Crippen LogP contribution in [0.2, 0.25) is 0 Å². The van der Waals surface area contributed by atoms with Gasteiger partial charge in [0, 0.05) is 6.04 Å². The van der Waals surface area contributed by atoms with Crippen LogP contribution in [0.25, 0.3) is 0 Å². The Morgan fingerprint density at radius 1 is 1.53 bits per heavy atom. The van der Waals surface area contributed by atoms with Crippen LogP contribution in [0.3, 0.4) is 0 Å². The Bertz CT molecular complexity index is 334. The first-order valence-electron chi connectivity index (χ1n) is 5.94. The van der Waals surface area contributed by atoms with Gasteiger partial charge in [0.15, 0.2) is 0 Å². The number of nitrogens with zero attached hydrogens (tertiary/aromatic N) is 1. The molecule has 0 amide bonds. The number of carbonyl (C=O) groups is 1. The topological polar surface area (TPSA) is 42.7 Å². The fraction of sp³-hybridized carbons (Fsp3) is 0.615. The Balaban J connectivity index is 2.63. The lowest BCUT2D eigenvalue weighted by atomic mass is 10.0. The van der Waals surface area contributed by atoms with Crippen molar-refractivity contribution < 1.29 is 13.9 Å². The zero-order chi connectivity index (χ0) is 12.8. The first-order chi connectivity index (χ1) is 8.10. The molecule has 1 rings (SSSR count). The van der Waals surface area contributed by atoms with E-state index < -0.39 is 0 Å². The predicted octanol–water partition coefficient (Wildman–Crippen LogP) is 2.30. The molecule has 96 valence electrons. The minimum Gasteiger partial charge on any atom is -0.469 e. The van der Waals surface area contributed by atoms with Crippen molar-refractivity contribution in [2.75, 3.05) is 13.7 Å². The molecule has 1 aromatic rings. The highest BCUT2D eigenvalue weighted by molar-refractivity contribution is 5.72. The molecule has 0 saturated carbocycles. The van der Waals surface area contributed by atoms with Gasteiger partial charge in [-0.3, -0.25) is 9.69 Å². The fourth-order valence-corrected chi connectivity index (χ4v) is 1.85. The molecule has 1 aromatic heterocycles. The number of ether oxygens (including phenoxy) is 1. The lowest BCUT2D eigenvalue weighted by Crippen LogP contribution is -2.40. The Morgan fingerprint density at radius 3 is 2.71 bits per heavy atom. The van der Waals surface area contributed by atoms with Crippen LogP contribution in [-0.4, -0.2) is 30.6 Å². The maximum Gasteiger partial charge on any atom is 0.309 e. The third-order valence-corrected chi connectivity index (χ3v) is 3.22. The third kappa shape index (κ3) is 3.60. The molecule has 0 saturated heterocycles. The van der Waals surface area contributed by atoms with Gasteiger partial charge in [-0.25, -0.2) is 0 Å². The van der Waals surface area contributed by atoms with Crippen molar-refractivity contribution in [2.45, 2.75) is 33.4 Å². The summed E-state index contributed by atoms with van der Waals surface area (Å²) in [5, 5.41) is 0. The number of hydrogen-bond acceptors (Lipinski definition) is 4. The summed E-state index contributed by atoms with van der Waals surface area (Å²) in [6.45, 7) is 7.58. The molecule has 0 N–H and O–H groups in total. The van der Waals surface area contributed by atoms with Crippen LogP contribution >= 0.6 is 0 Å². The van der Waals surface area contributed by atoms with Crippen LogP contribution in [0.5, 0.6) is 0 Å². The quantitative estimate of drug-likeness (QED) is 0.714. The summed E-state index contributed by atoms with van der Waals surface area (Å²) >= 11 is 0. The lowest BCUT2D eigenvalue weighted by Gasteiger charge is -2.30. The van der Waals surface area contributed by atoms with Crippen LogP contribution < -0.4 is 0 Å². The summed E-state index contributed by atoms with van der Waals surface area (Å²) in [6, 6.07) is 3.94. The minimum absolute atomic E-state index is 0.123. The van der Waals surface area contributed by atoms with Crippen LogP contribution in [0.15, 0.2) is 22.8 Å². The normalized spacial score (nSPS) is 14.6. The molecule has 17 heavy (non-hydrogen) atoms. The minimum atomic E-state index is -0.171. The molecule has 0 aliphatic carbocycles. The second-order valence-electron chi connectivity index (χ2n) is 4.19. The van der Waals surface area contributed by atoms with E-state index in [4.69, 9.17) is 9.15 Å². The van der Waals surface area contributed by atoms with E-state index in [-0.39, 0.29) is 17.9 Å². The second kappa shape index (κ2) is 6.45. The summed E-state index contributed by atoms with van der Waals surface area (Å²) in [5.41, 5.74) is 0. The van der Waals surface area contributed by atoms with Crippen LogP contribution in [-0.2, 0) is 16.1 Å². The van der Waals surface area contributed by atoms with Gasteiger partial charge in [0.1, 0.15) is 5.76 Å². The molecular formula is C13H21NO3. The molecule has 0 radical (unpaired) electrons. The zero-order valence-corrected chi connectivity index (χ0v) is 11.0. The molecule has 4 heteroatoms. The molecule has 0 fully saturated rings. The Labute approximate surface area is 103 Å². The highest BCUT2D eigenvalue weighted by atomic mass is 16.5. The smallest absolute Gasteiger partial charge is 0.309 e. The van der Waals surface area contributed by atoms with E-state index in [9.17, 15) is 4.79 Å². The van der Waals surface area contributed by atoms with Crippen LogP contribution in [0.1, 0.15) is 26.5 Å². The van der Waals surface area contributed by atoms with Crippen molar-refractivity contribution in [1.29, 1.82) is 0 Å². The highest BCUT2D eigenvalue weighted by Crippen LogP contribution is 2.15. The van der Waals surface area contributed by atoms with Gasteiger partial charge in [-0.15, -0.1) is 0 Å². The summed E-state index contributed by atoms with van der Waals surface area (Å²) in [4.78, 5) is 13.7. The van der Waals surface area contributed by atoms with Crippen molar-refractivity contribution >= 4 is 5.97 Å². The van der Waals surface area contributed by atoms with E-state index in [1.807, 2.05) is 26.0 Å². The van der Waals surface area contributed by atoms with Crippen molar-refractivity contribution in [2.24, 2.45) is 5.92 Å². The molecule has 2 atom stereocenters. The first-order valence-corrected chi connectivity index (χ1v) is 5.94. The SMILES string of the molecule is CCN(Cc1ccco1)C(C)C(C)C(=O)OC. The molecule has 4 nitrogen and oxygen atoms in total. The molecule has 2 unspecified atom stereocenters. The average Bonchev–Trinajstić information content (AvgIpc) is 2.85.